The molecule has 1 rings (SSSR count). The summed E-state index contributed by atoms with van der Waals surface area (Å²) in [6.07, 6.45) is 3.10. The van der Waals surface area contributed by atoms with E-state index in [2.05, 4.69) is 9.97 Å². The fraction of sp³-hybridized carbons (Fsp3) is 0.636. The fourth-order valence-corrected chi connectivity index (χ4v) is 1.16. The van der Waals surface area contributed by atoms with Gasteiger partial charge in [-0.1, -0.05) is 20.8 Å². The monoisotopic (exact) mass is 210 g/mol. The molecule has 0 radical (unpaired) electrons. The van der Waals surface area contributed by atoms with Gasteiger partial charge < -0.3 is 9.84 Å². The van der Waals surface area contributed by atoms with Crippen molar-refractivity contribution >= 4 is 0 Å². The van der Waals surface area contributed by atoms with Crippen LogP contribution in [0.1, 0.15) is 33.4 Å². The van der Waals surface area contributed by atoms with Gasteiger partial charge in [0.2, 0.25) is 5.88 Å². The Hall–Kier alpha value is -1.16. The molecule has 0 aliphatic rings. The Morgan fingerprint density at radius 1 is 1.13 bits per heavy atom. The van der Waals surface area contributed by atoms with Crippen LogP contribution in [0, 0.1) is 5.41 Å². The van der Waals surface area contributed by atoms with Crippen molar-refractivity contribution in [1.82, 2.24) is 9.97 Å². The van der Waals surface area contributed by atoms with Crippen LogP contribution in [0.5, 0.6) is 5.88 Å². The highest BCUT2D eigenvalue weighted by Gasteiger charge is 2.40. The molecule has 1 N–H and O–H groups in total. The normalized spacial score (nSPS) is 15.9. The molecule has 0 saturated carbocycles. The summed E-state index contributed by atoms with van der Waals surface area (Å²) in [4.78, 5) is 8.18. The third-order valence-electron chi connectivity index (χ3n) is 2.78. The van der Waals surface area contributed by atoms with Gasteiger partial charge in [0.15, 0.2) is 0 Å². The summed E-state index contributed by atoms with van der Waals surface area (Å²) >= 11 is 0. The van der Waals surface area contributed by atoms with Crippen LogP contribution >= 0.6 is 0 Å². The topological polar surface area (TPSA) is 55.2 Å². The molecule has 15 heavy (non-hydrogen) atoms. The maximum Gasteiger partial charge on any atom is 0.238 e. The van der Waals surface area contributed by atoms with Gasteiger partial charge in [-0.25, -0.2) is 4.98 Å². The summed E-state index contributed by atoms with van der Waals surface area (Å²) in [7, 11) is 1.52. The third-order valence-corrected chi connectivity index (χ3v) is 2.78. The first kappa shape index (κ1) is 11.9. The van der Waals surface area contributed by atoms with E-state index in [1.807, 2.05) is 20.8 Å². The summed E-state index contributed by atoms with van der Waals surface area (Å²) in [5, 5.41) is 10.5. The zero-order chi connectivity index (χ0) is 11.7. The number of aliphatic hydroxyl groups is 1. The first-order chi connectivity index (χ1) is 6.80. The van der Waals surface area contributed by atoms with E-state index in [1.165, 1.54) is 7.11 Å². The molecule has 0 aromatic carbocycles. The second-order valence-electron chi connectivity index (χ2n) is 4.74. The van der Waals surface area contributed by atoms with Crippen LogP contribution in [-0.2, 0) is 5.60 Å². The van der Waals surface area contributed by atoms with Crippen molar-refractivity contribution in [1.29, 1.82) is 0 Å². The maximum atomic E-state index is 10.5. The van der Waals surface area contributed by atoms with E-state index in [4.69, 9.17) is 4.74 Å². The van der Waals surface area contributed by atoms with Gasteiger partial charge >= 0.3 is 0 Å². The lowest BCUT2D eigenvalue weighted by atomic mass is 9.76. The molecule has 1 aromatic rings. The van der Waals surface area contributed by atoms with E-state index in [1.54, 1.807) is 19.3 Å². The van der Waals surface area contributed by atoms with Crippen molar-refractivity contribution in [2.45, 2.75) is 33.3 Å². The van der Waals surface area contributed by atoms with E-state index in [-0.39, 0.29) is 5.41 Å². The SMILES string of the molecule is COc1nccnc1C(C)(O)C(C)(C)C. The van der Waals surface area contributed by atoms with E-state index in [0.717, 1.165) is 0 Å². The molecule has 1 aromatic heterocycles. The number of aromatic nitrogens is 2. The van der Waals surface area contributed by atoms with Crippen LogP contribution in [0.4, 0.5) is 0 Å². The highest BCUT2D eigenvalue weighted by Crippen LogP contribution is 2.40. The number of hydrogen-bond acceptors (Lipinski definition) is 4. The lowest BCUT2D eigenvalue weighted by Crippen LogP contribution is -2.38. The Bertz CT molecular complexity index is 343. The summed E-state index contributed by atoms with van der Waals surface area (Å²) < 4.78 is 5.09. The molecule has 0 fully saturated rings. The minimum Gasteiger partial charge on any atom is -0.480 e. The number of ether oxygens (including phenoxy) is 1. The second-order valence-corrected chi connectivity index (χ2v) is 4.74. The van der Waals surface area contributed by atoms with Gasteiger partial charge in [0.1, 0.15) is 11.3 Å². The van der Waals surface area contributed by atoms with Crippen LogP contribution in [0.15, 0.2) is 12.4 Å². The lowest BCUT2D eigenvalue weighted by Gasteiger charge is -2.36. The summed E-state index contributed by atoms with van der Waals surface area (Å²) in [5.74, 6) is 0.373. The molecule has 0 spiro atoms. The average Bonchev–Trinajstić information content (AvgIpc) is 2.16. The molecule has 0 aliphatic carbocycles. The van der Waals surface area contributed by atoms with Gasteiger partial charge in [-0.3, -0.25) is 4.98 Å². The maximum absolute atomic E-state index is 10.5. The van der Waals surface area contributed by atoms with Gasteiger partial charge in [0.05, 0.1) is 7.11 Å². The molecule has 0 amide bonds. The molecular formula is C11H18N2O2. The molecular weight excluding hydrogens is 192 g/mol. The number of nitrogens with zero attached hydrogens (tertiary/aromatic N) is 2. The molecule has 4 heteroatoms. The van der Waals surface area contributed by atoms with Crippen molar-refractivity contribution in [2.75, 3.05) is 7.11 Å². The zero-order valence-electron chi connectivity index (χ0n) is 9.90. The van der Waals surface area contributed by atoms with Crippen molar-refractivity contribution in [3.8, 4) is 5.88 Å². The van der Waals surface area contributed by atoms with Crippen LogP contribution in [-0.4, -0.2) is 22.2 Å². The van der Waals surface area contributed by atoms with Crippen LogP contribution in [0.3, 0.4) is 0 Å². The molecule has 84 valence electrons. The quantitative estimate of drug-likeness (QED) is 0.807. The third kappa shape index (κ3) is 2.09. The van der Waals surface area contributed by atoms with Crippen LogP contribution in [0.2, 0.25) is 0 Å². The van der Waals surface area contributed by atoms with Gasteiger partial charge in [0.25, 0.3) is 0 Å². The highest BCUT2D eigenvalue weighted by atomic mass is 16.5. The smallest absolute Gasteiger partial charge is 0.238 e. The minimum atomic E-state index is -1.08. The van der Waals surface area contributed by atoms with Crippen molar-refractivity contribution in [3.63, 3.8) is 0 Å². The van der Waals surface area contributed by atoms with Crippen molar-refractivity contribution in [2.24, 2.45) is 5.41 Å². The summed E-state index contributed by atoms with van der Waals surface area (Å²) in [6, 6.07) is 0. The van der Waals surface area contributed by atoms with E-state index >= 15 is 0 Å². The molecule has 1 atom stereocenters. The Balaban J connectivity index is 3.26. The number of methoxy groups -OCH3 is 1. The van der Waals surface area contributed by atoms with E-state index in [0.29, 0.717) is 11.6 Å². The first-order valence-electron chi connectivity index (χ1n) is 4.88. The minimum absolute atomic E-state index is 0.337. The molecule has 1 heterocycles. The molecule has 0 bridgehead atoms. The molecule has 4 nitrogen and oxygen atoms in total. The van der Waals surface area contributed by atoms with Crippen molar-refractivity contribution in [3.05, 3.63) is 18.1 Å². The first-order valence-corrected chi connectivity index (χ1v) is 4.88. The Labute approximate surface area is 90.3 Å². The van der Waals surface area contributed by atoms with Gasteiger partial charge in [-0.15, -0.1) is 0 Å². The largest absolute Gasteiger partial charge is 0.480 e. The van der Waals surface area contributed by atoms with Gasteiger partial charge in [0, 0.05) is 12.4 Å². The summed E-state index contributed by atoms with van der Waals surface area (Å²) in [6.45, 7) is 7.56. The fourth-order valence-electron chi connectivity index (χ4n) is 1.16. The van der Waals surface area contributed by atoms with Gasteiger partial charge in [-0.2, -0.15) is 0 Å². The summed E-state index contributed by atoms with van der Waals surface area (Å²) in [5.41, 5.74) is -0.942. The lowest BCUT2D eigenvalue weighted by molar-refractivity contribution is -0.0527. The second kappa shape index (κ2) is 3.77. The number of hydrogen-bond donors (Lipinski definition) is 1. The molecule has 0 aliphatic heterocycles. The average molecular weight is 210 g/mol. The highest BCUT2D eigenvalue weighted by molar-refractivity contribution is 5.25. The molecule has 0 saturated heterocycles. The predicted octanol–water partition coefficient (Wildman–Crippen LogP) is 1.74. The Morgan fingerprint density at radius 2 is 1.67 bits per heavy atom. The number of rotatable bonds is 2. The van der Waals surface area contributed by atoms with Gasteiger partial charge in [-0.05, 0) is 12.3 Å². The van der Waals surface area contributed by atoms with E-state index < -0.39 is 5.60 Å². The zero-order valence-corrected chi connectivity index (χ0v) is 9.90. The van der Waals surface area contributed by atoms with Crippen LogP contribution < -0.4 is 4.74 Å². The van der Waals surface area contributed by atoms with E-state index in [9.17, 15) is 5.11 Å². The Kier molecular flexibility index (Phi) is 3.00. The Morgan fingerprint density at radius 3 is 2.13 bits per heavy atom. The molecule has 1 unspecified atom stereocenters. The standard InChI is InChI=1S/C11H18N2O2/c1-10(2,3)11(4,14)8-9(15-5)13-7-6-12-8/h6-7,14H,1-5H3. The predicted molar refractivity (Wildman–Crippen MR) is 57.6 cm³/mol. The van der Waals surface area contributed by atoms with Crippen molar-refractivity contribution < 1.29 is 9.84 Å². The van der Waals surface area contributed by atoms with Crippen LogP contribution in [0.25, 0.3) is 0 Å².